The second kappa shape index (κ2) is 7.81. The molecule has 4 heteroatoms. The Morgan fingerprint density at radius 3 is 2.65 bits per heavy atom. The maximum Gasteiger partial charge on any atom is 0.237 e. The van der Waals surface area contributed by atoms with Gasteiger partial charge in [0, 0.05) is 13.2 Å². The van der Waals surface area contributed by atoms with Crippen molar-refractivity contribution in [2.45, 2.75) is 25.3 Å². The summed E-state index contributed by atoms with van der Waals surface area (Å²) in [6.07, 6.45) is 2.03. The molecule has 1 atom stereocenters. The molecule has 4 nitrogen and oxygen atoms in total. The average molecular weight is 236 g/mol. The Kier molecular flexibility index (Phi) is 6.29. The Labute approximate surface area is 102 Å². The fourth-order valence-electron chi connectivity index (χ4n) is 1.54. The summed E-state index contributed by atoms with van der Waals surface area (Å²) in [5.41, 5.74) is 6.86. The molecule has 94 valence electrons. The predicted molar refractivity (Wildman–Crippen MR) is 67.5 cm³/mol. The molecular formula is C13H20N2O2. The van der Waals surface area contributed by atoms with Crippen molar-refractivity contribution < 1.29 is 9.90 Å². The number of benzene rings is 1. The highest BCUT2D eigenvalue weighted by atomic mass is 16.2. The van der Waals surface area contributed by atoms with E-state index in [-0.39, 0.29) is 12.5 Å². The molecule has 0 heterocycles. The summed E-state index contributed by atoms with van der Waals surface area (Å²) in [6.45, 7) is 0.730. The van der Waals surface area contributed by atoms with Crippen molar-refractivity contribution in [2.75, 3.05) is 13.2 Å². The van der Waals surface area contributed by atoms with Crippen LogP contribution in [0.25, 0.3) is 0 Å². The first-order valence-corrected chi connectivity index (χ1v) is 5.92. The van der Waals surface area contributed by atoms with E-state index in [0.29, 0.717) is 19.4 Å². The number of nitrogens with one attached hydrogen (secondary N) is 1. The Hall–Kier alpha value is -1.39. The van der Waals surface area contributed by atoms with Gasteiger partial charge >= 0.3 is 0 Å². The third-order valence-electron chi connectivity index (χ3n) is 2.52. The molecule has 0 aromatic heterocycles. The second-order valence-corrected chi connectivity index (χ2v) is 4.02. The zero-order valence-corrected chi connectivity index (χ0v) is 9.93. The summed E-state index contributed by atoms with van der Waals surface area (Å²) >= 11 is 0. The van der Waals surface area contributed by atoms with Crippen molar-refractivity contribution in [1.29, 1.82) is 0 Å². The van der Waals surface area contributed by atoms with Gasteiger partial charge in [-0.1, -0.05) is 30.3 Å². The van der Waals surface area contributed by atoms with E-state index in [0.717, 1.165) is 12.0 Å². The molecule has 1 unspecified atom stereocenters. The molecule has 4 N–H and O–H groups in total. The number of nitrogens with two attached hydrogens (primary N) is 1. The van der Waals surface area contributed by atoms with Gasteiger partial charge in [-0.25, -0.2) is 0 Å². The van der Waals surface area contributed by atoms with E-state index in [2.05, 4.69) is 5.32 Å². The van der Waals surface area contributed by atoms with Crippen LogP contribution in [0.4, 0.5) is 0 Å². The number of aliphatic hydroxyl groups excluding tert-OH is 1. The van der Waals surface area contributed by atoms with Crippen molar-refractivity contribution in [3.63, 3.8) is 0 Å². The number of hydrogen-bond acceptors (Lipinski definition) is 3. The van der Waals surface area contributed by atoms with E-state index in [9.17, 15) is 4.79 Å². The molecule has 0 aliphatic rings. The van der Waals surface area contributed by atoms with Crippen LogP contribution in [0.5, 0.6) is 0 Å². The van der Waals surface area contributed by atoms with Gasteiger partial charge in [0.15, 0.2) is 0 Å². The second-order valence-electron chi connectivity index (χ2n) is 4.02. The van der Waals surface area contributed by atoms with E-state index in [4.69, 9.17) is 10.8 Å². The third kappa shape index (κ3) is 5.47. The van der Waals surface area contributed by atoms with Gasteiger partial charge in [0.25, 0.3) is 0 Å². The number of carbonyl (C=O) groups excluding carboxylic acids is 1. The Morgan fingerprint density at radius 2 is 2.00 bits per heavy atom. The van der Waals surface area contributed by atoms with Crippen molar-refractivity contribution >= 4 is 5.91 Å². The predicted octanol–water partition coefficient (Wildman–Crippen LogP) is 0.445. The smallest absolute Gasteiger partial charge is 0.237 e. The molecular weight excluding hydrogens is 216 g/mol. The standard InChI is InChI=1S/C13H20N2O2/c14-12(10-11-6-2-1-3-7-11)13(17)15-8-4-5-9-16/h1-3,6-7,12,16H,4-5,8-10,14H2,(H,15,17). The first-order chi connectivity index (χ1) is 8.24. The summed E-state index contributed by atoms with van der Waals surface area (Å²) in [5, 5.41) is 11.4. The normalized spacial score (nSPS) is 12.1. The molecule has 17 heavy (non-hydrogen) atoms. The van der Waals surface area contributed by atoms with E-state index >= 15 is 0 Å². The minimum Gasteiger partial charge on any atom is -0.396 e. The van der Waals surface area contributed by atoms with Gasteiger partial charge in [-0.05, 0) is 24.8 Å². The molecule has 0 fully saturated rings. The zero-order valence-electron chi connectivity index (χ0n) is 9.93. The Morgan fingerprint density at radius 1 is 1.29 bits per heavy atom. The number of amides is 1. The fourth-order valence-corrected chi connectivity index (χ4v) is 1.54. The van der Waals surface area contributed by atoms with Gasteiger partial charge in [-0.2, -0.15) is 0 Å². The monoisotopic (exact) mass is 236 g/mol. The van der Waals surface area contributed by atoms with Crippen LogP contribution in [-0.4, -0.2) is 30.2 Å². The van der Waals surface area contributed by atoms with Gasteiger partial charge in [0.2, 0.25) is 5.91 Å². The Balaban J connectivity index is 2.27. The maximum atomic E-state index is 11.6. The first-order valence-electron chi connectivity index (χ1n) is 5.92. The Bertz CT molecular complexity index is 327. The van der Waals surface area contributed by atoms with Crippen LogP contribution in [0.1, 0.15) is 18.4 Å². The highest BCUT2D eigenvalue weighted by Gasteiger charge is 2.12. The van der Waals surface area contributed by atoms with Crippen LogP contribution >= 0.6 is 0 Å². The van der Waals surface area contributed by atoms with Crippen molar-refractivity contribution in [1.82, 2.24) is 5.32 Å². The minimum atomic E-state index is -0.508. The van der Waals surface area contributed by atoms with E-state index in [1.54, 1.807) is 0 Å². The van der Waals surface area contributed by atoms with Crippen molar-refractivity contribution in [2.24, 2.45) is 5.73 Å². The molecule has 0 spiro atoms. The van der Waals surface area contributed by atoms with E-state index in [1.165, 1.54) is 0 Å². The summed E-state index contributed by atoms with van der Waals surface area (Å²) in [5.74, 6) is -0.133. The summed E-state index contributed by atoms with van der Waals surface area (Å²) in [7, 11) is 0. The summed E-state index contributed by atoms with van der Waals surface area (Å²) in [4.78, 5) is 11.6. The van der Waals surface area contributed by atoms with Crippen LogP contribution in [0, 0.1) is 0 Å². The molecule has 0 saturated carbocycles. The van der Waals surface area contributed by atoms with Crippen molar-refractivity contribution in [3.8, 4) is 0 Å². The lowest BCUT2D eigenvalue weighted by Gasteiger charge is -2.12. The number of aliphatic hydroxyl groups is 1. The average Bonchev–Trinajstić information content (AvgIpc) is 2.35. The molecule has 1 rings (SSSR count). The third-order valence-corrected chi connectivity index (χ3v) is 2.52. The molecule has 0 aliphatic carbocycles. The van der Waals surface area contributed by atoms with Gasteiger partial charge < -0.3 is 16.2 Å². The van der Waals surface area contributed by atoms with E-state index in [1.807, 2.05) is 30.3 Å². The number of rotatable bonds is 7. The van der Waals surface area contributed by atoms with Gasteiger partial charge in [-0.15, -0.1) is 0 Å². The van der Waals surface area contributed by atoms with Crippen molar-refractivity contribution in [3.05, 3.63) is 35.9 Å². The molecule has 0 radical (unpaired) electrons. The largest absolute Gasteiger partial charge is 0.396 e. The number of unbranched alkanes of at least 4 members (excludes halogenated alkanes) is 1. The summed E-state index contributed by atoms with van der Waals surface area (Å²) in [6, 6.07) is 9.20. The quantitative estimate of drug-likeness (QED) is 0.601. The van der Waals surface area contributed by atoms with Crippen LogP contribution < -0.4 is 11.1 Å². The fraction of sp³-hybridized carbons (Fsp3) is 0.462. The topological polar surface area (TPSA) is 75.4 Å². The van der Waals surface area contributed by atoms with Crippen LogP contribution in [0.15, 0.2) is 30.3 Å². The summed E-state index contributed by atoms with van der Waals surface area (Å²) < 4.78 is 0. The maximum absolute atomic E-state index is 11.6. The molecule has 0 bridgehead atoms. The van der Waals surface area contributed by atoms with Gasteiger partial charge in [0.1, 0.15) is 0 Å². The molecule has 1 aromatic rings. The number of hydrogen-bond donors (Lipinski definition) is 3. The highest BCUT2D eigenvalue weighted by molar-refractivity contribution is 5.81. The molecule has 1 aromatic carbocycles. The first kappa shape index (κ1) is 13.7. The lowest BCUT2D eigenvalue weighted by molar-refractivity contribution is -0.122. The van der Waals surface area contributed by atoms with Crippen LogP contribution in [-0.2, 0) is 11.2 Å². The van der Waals surface area contributed by atoms with Gasteiger partial charge in [0.05, 0.1) is 6.04 Å². The van der Waals surface area contributed by atoms with Crippen LogP contribution in [0.2, 0.25) is 0 Å². The highest BCUT2D eigenvalue weighted by Crippen LogP contribution is 2.01. The zero-order chi connectivity index (χ0) is 12.5. The van der Waals surface area contributed by atoms with Gasteiger partial charge in [-0.3, -0.25) is 4.79 Å². The SMILES string of the molecule is NC(Cc1ccccc1)C(=O)NCCCCO. The molecule has 0 aliphatic heterocycles. The van der Waals surface area contributed by atoms with Crippen LogP contribution in [0.3, 0.4) is 0 Å². The molecule has 0 saturated heterocycles. The minimum absolute atomic E-state index is 0.133. The molecule has 1 amide bonds. The lowest BCUT2D eigenvalue weighted by Crippen LogP contribution is -2.42. The lowest BCUT2D eigenvalue weighted by atomic mass is 10.1. The number of carbonyl (C=O) groups is 1. The van der Waals surface area contributed by atoms with E-state index < -0.39 is 6.04 Å².